The zero-order chi connectivity index (χ0) is 13.5. The minimum absolute atomic E-state index is 0. The molecule has 0 bridgehead atoms. The first-order valence-electron chi connectivity index (χ1n) is 7.26. The monoisotopic (exact) mass is 341 g/mol. The third-order valence-electron chi connectivity index (χ3n) is 4.28. The minimum atomic E-state index is 0. The number of halogens is 1. The van der Waals surface area contributed by atoms with Crippen molar-refractivity contribution in [2.45, 2.75) is 19.4 Å². The maximum absolute atomic E-state index is 4.95. The van der Waals surface area contributed by atoms with Gasteiger partial charge in [-0.25, -0.2) is 4.98 Å². The SMILES string of the molecule is CN1CCN(Cc2nc3c(s2)CCc2sccc2-3)CC1.Cl. The number of nitrogens with zero attached hydrogens (tertiary/aromatic N) is 3. The summed E-state index contributed by atoms with van der Waals surface area (Å²) >= 11 is 3.82. The summed E-state index contributed by atoms with van der Waals surface area (Å²) in [5, 5.41) is 3.51. The van der Waals surface area contributed by atoms with Gasteiger partial charge in [0.25, 0.3) is 0 Å². The van der Waals surface area contributed by atoms with E-state index in [1.165, 1.54) is 65.0 Å². The van der Waals surface area contributed by atoms with Crippen LogP contribution in [0, 0.1) is 0 Å². The zero-order valence-corrected chi connectivity index (χ0v) is 14.6. The maximum atomic E-state index is 4.95. The van der Waals surface area contributed by atoms with Crippen LogP contribution in [-0.4, -0.2) is 48.0 Å². The van der Waals surface area contributed by atoms with Gasteiger partial charge in [-0.05, 0) is 31.3 Å². The summed E-state index contributed by atoms with van der Waals surface area (Å²) in [6.45, 7) is 5.74. The molecule has 3 heterocycles. The average molecular weight is 342 g/mol. The Morgan fingerprint density at radius 2 is 1.90 bits per heavy atom. The number of rotatable bonds is 2. The zero-order valence-electron chi connectivity index (χ0n) is 12.2. The van der Waals surface area contributed by atoms with Crippen molar-refractivity contribution < 1.29 is 0 Å². The van der Waals surface area contributed by atoms with Gasteiger partial charge in [-0.15, -0.1) is 35.1 Å². The molecule has 1 fully saturated rings. The van der Waals surface area contributed by atoms with Gasteiger partial charge < -0.3 is 4.90 Å². The van der Waals surface area contributed by atoms with Gasteiger partial charge in [0.15, 0.2) is 0 Å². The number of piperazine rings is 1. The summed E-state index contributed by atoms with van der Waals surface area (Å²) < 4.78 is 0. The van der Waals surface area contributed by atoms with Gasteiger partial charge in [0, 0.05) is 41.5 Å². The molecule has 2 aromatic rings. The average Bonchev–Trinajstić information content (AvgIpc) is 3.06. The van der Waals surface area contributed by atoms with Crippen molar-refractivity contribution in [1.82, 2.24) is 14.8 Å². The Labute approximate surface area is 140 Å². The number of thiophene rings is 1. The second-order valence-electron chi connectivity index (χ2n) is 5.72. The number of aryl methyl sites for hydroxylation is 2. The highest BCUT2D eigenvalue weighted by Crippen LogP contribution is 2.39. The Balaban J connectivity index is 0.00000132. The summed E-state index contributed by atoms with van der Waals surface area (Å²) in [5.41, 5.74) is 2.68. The van der Waals surface area contributed by atoms with Gasteiger partial charge in [-0.1, -0.05) is 0 Å². The quantitative estimate of drug-likeness (QED) is 0.836. The molecular formula is C15H20ClN3S2. The highest BCUT2D eigenvalue weighted by atomic mass is 35.5. The molecule has 21 heavy (non-hydrogen) atoms. The standard InChI is InChI=1S/C15H19N3S2.ClH/c1-17-5-7-18(8-6-17)10-14-16-15-11-4-9-19-12(11)2-3-13(15)20-14;/h4,9H,2-3,5-8,10H2,1H3;1H. The van der Waals surface area contributed by atoms with Crippen LogP contribution in [0.25, 0.3) is 11.3 Å². The van der Waals surface area contributed by atoms with E-state index in [2.05, 4.69) is 28.3 Å². The van der Waals surface area contributed by atoms with Gasteiger partial charge >= 0.3 is 0 Å². The van der Waals surface area contributed by atoms with E-state index in [-0.39, 0.29) is 12.4 Å². The van der Waals surface area contributed by atoms with E-state index in [0.717, 1.165) is 6.54 Å². The van der Waals surface area contributed by atoms with Crippen molar-refractivity contribution in [3.8, 4) is 11.3 Å². The van der Waals surface area contributed by atoms with Crippen molar-refractivity contribution >= 4 is 35.1 Å². The van der Waals surface area contributed by atoms with E-state index in [9.17, 15) is 0 Å². The third-order valence-corrected chi connectivity index (χ3v) is 6.36. The Bertz CT molecular complexity index is 614. The van der Waals surface area contributed by atoms with Crippen molar-refractivity contribution in [3.63, 3.8) is 0 Å². The largest absolute Gasteiger partial charge is 0.304 e. The van der Waals surface area contributed by atoms with Gasteiger partial charge in [0.2, 0.25) is 0 Å². The third kappa shape index (κ3) is 3.03. The van der Waals surface area contributed by atoms with Crippen LogP contribution in [0.1, 0.15) is 14.8 Å². The Morgan fingerprint density at radius 1 is 1.14 bits per heavy atom. The van der Waals surface area contributed by atoms with Crippen molar-refractivity contribution in [2.24, 2.45) is 0 Å². The molecule has 0 spiro atoms. The van der Waals surface area contributed by atoms with Gasteiger partial charge in [-0.3, -0.25) is 4.90 Å². The molecule has 1 saturated heterocycles. The summed E-state index contributed by atoms with van der Waals surface area (Å²) in [6.07, 6.45) is 2.39. The fourth-order valence-electron chi connectivity index (χ4n) is 3.02. The van der Waals surface area contributed by atoms with Gasteiger partial charge in [-0.2, -0.15) is 0 Å². The van der Waals surface area contributed by atoms with E-state index >= 15 is 0 Å². The first-order chi connectivity index (χ1) is 9.79. The number of aromatic nitrogens is 1. The smallest absolute Gasteiger partial charge is 0.108 e. The summed E-state index contributed by atoms with van der Waals surface area (Å²) in [4.78, 5) is 12.9. The molecule has 0 unspecified atom stereocenters. The number of hydrogen-bond acceptors (Lipinski definition) is 5. The highest BCUT2D eigenvalue weighted by molar-refractivity contribution is 7.12. The van der Waals surface area contributed by atoms with Gasteiger partial charge in [0.05, 0.1) is 12.2 Å². The highest BCUT2D eigenvalue weighted by Gasteiger charge is 2.23. The predicted octanol–water partition coefficient (Wildman–Crippen LogP) is 3.14. The molecule has 1 aliphatic heterocycles. The van der Waals surface area contributed by atoms with Crippen LogP contribution < -0.4 is 0 Å². The van der Waals surface area contributed by atoms with Crippen molar-refractivity contribution in [1.29, 1.82) is 0 Å². The molecule has 3 nitrogen and oxygen atoms in total. The van der Waals surface area contributed by atoms with E-state index in [4.69, 9.17) is 4.98 Å². The Hall–Kier alpha value is -0.460. The van der Waals surface area contributed by atoms with Crippen LogP contribution in [0.2, 0.25) is 0 Å². The van der Waals surface area contributed by atoms with Crippen LogP contribution in [-0.2, 0) is 19.4 Å². The lowest BCUT2D eigenvalue weighted by atomic mass is 10.0. The van der Waals surface area contributed by atoms with Gasteiger partial charge in [0.1, 0.15) is 5.01 Å². The van der Waals surface area contributed by atoms with E-state index in [1.54, 1.807) is 0 Å². The molecule has 0 atom stereocenters. The van der Waals surface area contributed by atoms with Crippen LogP contribution >= 0.6 is 35.1 Å². The molecule has 114 valence electrons. The van der Waals surface area contributed by atoms with Crippen LogP contribution in [0.3, 0.4) is 0 Å². The molecule has 0 amide bonds. The fraction of sp³-hybridized carbons (Fsp3) is 0.533. The summed E-state index contributed by atoms with van der Waals surface area (Å²) in [7, 11) is 2.21. The van der Waals surface area contributed by atoms with Crippen LogP contribution in [0.4, 0.5) is 0 Å². The topological polar surface area (TPSA) is 19.4 Å². The van der Waals surface area contributed by atoms with E-state index < -0.39 is 0 Å². The molecule has 4 rings (SSSR count). The molecule has 6 heteroatoms. The number of fused-ring (bicyclic) bond motifs is 3. The Morgan fingerprint density at radius 3 is 2.71 bits per heavy atom. The summed E-state index contributed by atoms with van der Waals surface area (Å²) in [5.74, 6) is 0. The fourth-order valence-corrected chi connectivity index (χ4v) is 5.02. The number of likely N-dealkylation sites (N-methyl/N-ethyl adjacent to an activating group) is 1. The number of thiazole rings is 1. The molecule has 0 saturated carbocycles. The molecule has 1 aliphatic carbocycles. The molecule has 2 aliphatic rings. The molecular weight excluding hydrogens is 322 g/mol. The molecule has 2 aromatic heterocycles. The predicted molar refractivity (Wildman–Crippen MR) is 92.9 cm³/mol. The number of hydrogen-bond donors (Lipinski definition) is 0. The first kappa shape index (κ1) is 15.4. The summed E-state index contributed by atoms with van der Waals surface area (Å²) in [6, 6.07) is 2.25. The lowest BCUT2D eigenvalue weighted by molar-refractivity contribution is 0.148. The van der Waals surface area contributed by atoms with E-state index in [1.807, 2.05) is 22.7 Å². The molecule has 0 radical (unpaired) electrons. The lowest BCUT2D eigenvalue weighted by Gasteiger charge is -2.31. The van der Waals surface area contributed by atoms with Crippen molar-refractivity contribution in [3.05, 3.63) is 26.2 Å². The van der Waals surface area contributed by atoms with E-state index in [0.29, 0.717) is 0 Å². The normalized spacial score (nSPS) is 18.9. The maximum Gasteiger partial charge on any atom is 0.108 e. The second-order valence-corrected chi connectivity index (χ2v) is 7.89. The first-order valence-corrected chi connectivity index (χ1v) is 8.95. The van der Waals surface area contributed by atoms with Crippen molar-refractivity contribution in [2.75, 3.05) is 33.2 Å². The molecule has 0 aromatic carbocycles. The minimum Gasteiger partial charge on any atom is -0.304 e. The lowest BCUT2D eigenvalue weighted by Crippen LogP contribution is -2.43. The molecule has 0 N–H and O–H groups in total. The van der Waals surface area contributed by atoms with Crippen LogP contribution in [0.5, 0.6) is 0 Å². The second kappa shape index (κ2) is 6.34. The Kier molecular flexibility index (Phi) is 4.66. The van der Waals surface area contributed by atoms with Crippen LogP contribution in [0.15, 0.2) is 11.4 Å².